The van der Waals surface area contributed by atoms with Crippen LogP contribution in [0.15, 0.2) is 66.7 Å². The zero-order valence-corrected chi connectivity index (χ0v) is 19.5. The Kier molecular flexibility index (Phi) is 6.87. The average molecular weight is 460 g/mol. The number of carboxylic acid groups (broad SMARTS) is 1. The number of aryl methyl sites for hydroxylation is 1. The molecule has 0 fully saturated rings. The molecule has 0 atom stereocenters. The molecule has 1 aliphatic rings. The summed E-state index contributed by atoms with van der Waals surface area (Å²) in [5, 5.41) is 12.8. The Balaban J connectivity index is 1.50. The Morgan fingerprint density at radius 3 is 2.32 bits per heavy atom. The fourth-order valence-corrected chi connectivity index (χ4v) is 4.38. The number of fused-ring (bicyclic) bond motifs is 1. The van der Waals surface area contributed by atoms with Crippen LogP contribution in [0.25, 0.3) is 0 Å². The Morgan fingerprint density at radius 2 is 1.68 bits per heavy atom. The lowest BCUT2D eigenvalue weighted by atomic mass is 9.95. The Labute approximate surface area is 199 Å². The number of carbonyl (C=O) groups is 2. The minimum absolute atomic E-state index is 0.251. The van der Waals surface area contributed by atoms with Gasteiger partial charge in [-0.2, -0.15) is 0 Å². The van der Waals surface area contributed by atoms with Gasteiger partial charge in [0.25, 0.3) is 5.91 Å². The first-order chi connectivity index (χ1) is 16.4. The van der Waals surface area contributed by atoms with Crippen LogP contribution in [-0.4, -0.2) is 35.7 Å². The lowest BCUT2D eigenvalue weighted by molar-refractivity contribution is -0.144. The Hall–Kier alpha value is -3.80. The molecule has 0 heterocycles. The van der Waals surface area contributed by atoms with E-state index in [-0.39, 0.29) is 12.8 Å². The van der Waals surface area contributed by atoms with Crippen LogP contribution < -0.4 is 14.8 Å². The predicted octanol–water partition coefficient (Wildman–Crippen LogP) is 4.37. The van der Waals surface area contributed by atoms with Crippen LogP contribution in [0, 0.1) is 6.92 Å². The number of nitrogens with one attached hydrogen (secondary N) is 1. The molecule has 0 bridgehead atoms. The molecule has 0 aliphatic heterocycles. The summed E-state index contributed by atoms with van der Waals surface area (Å²) in [5.74, 6) is -0.495. The molecule has 6 heteroatoms. The third-order valence-electron chi connectivity index (χ3n) is 6.10. The van der Waals surface area contributed by atoms with Gasteiger partial charge < -0.3 is 19.9 Å². The van der Waals surface area contributed by atoms with Crippen molar-refractivity contribution in [2.24, 2.45) is 0 Å². The molecule has 2 N–H and O–H groups in total. The molecular formula is C28H29NO5. The van der Waals surface area contributed by atoms with Crippen LogP contribution >= 0.6 is 0 Å². The van der Waals surface area contributed by atoms with E-state index < -0.39 is 17.4 Å². The van der Waals surface area contributed by atoms with E-state index >= 15 is 0 Å². The van der Waals surface area contributed by atoms with Crippen LogP contribution in [0.5, 0.6) is 11.5 Å². The van der Waals surface area contributed by atoms with Crippen LogP contribution in [0.3, 0.4) is 0 Å². The highest BCUT2D eigenvalue weighted by molar-refractivity contribution is 5.99. The van der Waals surface area contributed by atoms with Gasteiger partial charge in [-0.05, 0) is 48.7 Å². The number of ether oxygens (including phenoxy) is 2. The van der Waals surface area contributed by atoms with Gasteiger partial charge in [-0.15, -0.1) is 0 Å². The lowest BCUT2D eigenvalue weighted by Crippen LogP contribution is -2.55. The van der Waals surface area contributed by atoms with Gasteiger partial charge >= 0.3 is 5.97 Å². The van der Waals surface area contributed by atoms with Crippen molar-refractivity contribution in [3.8, 4) is 11.5 Å². The number of benzene rings is 3. The number of carbonyl (C=O) groups excluding carboxylic acids is 1. The molecule has 1 aliphatic carbocycles. The lowest BCUT2D eigenvalue weighted by Gasteiger charge is -2.25. The highest BCUT2D eigenvalue weighted by atomic mass is 16.5. The first kappa shape index (κ1) is 23.4. The van der Waals surface area contributed by atoms with E-state index in [1.54, 1.807) is 18.2 Å². The third-order valence-corrected chi connectivity index (χ3v) is 6.10. The Morgan fingerprint density at radius 1 is 0.941 bits per heavy atom. The smallest absolute Gasteiger partial charge is 0.330 e. The quantitative estimate of drug-likeness (QED) is 0.497. The molecule has 0 saturated heterocycles. The third kappa shape index (κ3) is 5.06. The van der Waals surface area contributed by atoms with Crippen molar-refractivity contribution in [3.05, 3.63) is 94.5 Å². The molecule has 3 aromatic carbocycles. The topological polar surface area (TPSA) is 84.9 Å². The standard InChI is InChI=1S/C28H29NO5/c1-3-33-24-12-11-21(16-25(24)34-14-13-20-8-6-7-19(2)15-20)26(30)29-28(27(31)32)17-22-9-4-5-10-23(22)18-28/h4-12,15-16H,3,13-14,17-18H2,1-2H3,(H,29,30)(H,31,32). The van der Waals surface area contributed by atoms with Gasteiger partial charge in [-0.3, -0.25) is 4.79 Å². The van der Waals surface area contributed by atoms with Crippen LogP contribution in [0.1, 0.15) is 39.5 Å². The second-order valence-corrected chi connectivity index (χ2v) is 8.65. The predicted molar refractivity (Wildman–Crippen MR) is 130 cm³/mol. The molecule has 176 valence electrons. The molecule has 34 heavy (non-hydrogen) atoms. The van der Waals surface area contributed by atoms with Gasteiger partial charge in [-0.25, -0.2) is 4.79 Å². The van der Waals surface area contributed by atoms with Gasteiger partial charge in [0.1, 0.15) is 5.54 Å². The van der Waals surface area contributed by atoms with Crippen molar-refractivity contribution in [2.45, 2.75) is 38.6 Å². The fourth-order valence-electron chi connectivity index (χ4n) is 4.38. The summed E-state index contributed by atoms with van der Waals surface area (Å²) < 4.78 is 11.7. The first-order valence-corrected chi connectivity index (χ1v) is 11.5. The summed E-state index contributed by atoms with van der Waals surface area (Å²) in [6.45, 7) is 4.81. The fraction of sp³-hybridized carbons (Fsp3) is 0.286. The summed E-state index contributed by atoms with van der Waals surface area (Å²) in [6.07, 6.45) is 1.21. The molecule has 3 aromatic rings. The summed E-state index contributed by atoms with van der Waals surface area (Å²) >= 11 is 0. The van der Waals surface area contributed by atoms with Crippen LogP contribution in [0.2, 0.25) is 0 Å². The van der Waals surface area contributed by atoms with Gasteiger partial charge in [0.05, 0.1) is 13.2 Å². The number of aliphatic carboxylic acids is 1. The average Bonchev–Trinajstić information content (AvgIpc) is 3.20. The van der Waals surface area contributed by atoms with E-state index in [0.29, 0.717) is 36.7 Å². The zero-order chi connectivity index (χ0) is 24.1. The van der Waals surface area contributed by atoms with Gasteiger partial charge in [0.15, 0.2) is 11.5 Å². The number of rotatable bonds is 9. The molecule has 0 unspecified atom stereocenters. The maximum Gasteiger partial charge on any atom is 0.330 e. The van der Waals surface area contributed by atoms with Crippen molar-refractivity contribution in [3.63, 3.8) is 0 Å². The normalized spacial score (nSPS) is 13.7. The van der Waals surface area contributed by atoms with Gasteiger partial charge in [-0.1, -0.05) is 54.1 Å². The van der Waals surface area contributed by atoms with E-state index in [1.165, 1.54) is 5.56 Å². The van der Waals surface area contributed by atoms with Crippen molar-refractivity contribution < 1.29 is 24.2 Å². The van der Waals surface area contributed by atoms with Crippen LogP contribution in [0.4, 0.5) is 0 Å². The number of carboxylic acids is 1. The van der Waals surface area contributed by atoms with Crippen molar-refractivity contribution >= 4 is 11.9 Å². The molecule has 0 spiro atoms. The highest BCUT2D eigenvalue weighted by Crippen LogP contribution is 2.32. The number of hydrogen-bond donors (Lipinski definition) is 2. The second-order valence-electron chi connectivity index (χ2n) is 8.65. The van der Waals surface area contributed by atoms with Crippen molar-refractivity contribution in [1.82, 2.24) is 5.32 Å². The summed E-state index contributed by atoms with van der Waals surface area (Å²) in [6, 6.07) is 20.7. The van der Waals surface area contributed by atoms with Crippen molar-refractivity contribution in [1.29, 1.82) is 0 Å². The van der Waals surface area contributed by atoms with E-state index in [2.05, 4.69) is 17.4 Å². The van der Waals surface area contributed by atoms with Gasteiger partial charge in [0, 0.05) is 24.8 Å². The molecule has 1 amide bonds. The monoisotopic (exact) mass is 459 g/mol. The number of hydrogen-bond acceptors (Lipinski definition) is 4. The Bertz CT molecular complexity index is 1180. The molecule has 0 aromatic heterocycles. The minimum atomic E-state index is -1.37. The van der Waals surface area contributed by atoms with Gasteiger partial charge in [0.2, 0.25) is 0 Å². The van der Waals surface area contributed by atoms with E-state index in [0.717, 1.165) is 16.7 Å². The second kappa shape index (κ2) is 10.00. The first-order valence-electron chi connectivity index (χ1n) is 11.5. The summed E-state index contributed by atoms with van der Waals surface area (Å²) in [4.78, 5) is 25.4. The summed E-state index contributed by atoms with van der Waals surface area (Å²) in [5.41, 5.74) is 3.19. The van der Waals surface area contributed by atoms with E-state index in [9.17, 15) is 14.7 Å². The molecular weight excluding hydrogens is 430 g/mol. The number of amides is 1. The highest BCUT2D eigenvalue weighted by Gasteiger charge is 2.45. The van der Waals surface area contributed by atoms with Crippen molar-refractivity contribution in [2.75, 3.05) is 13.2 Å². The van der Waals surface area contributed by atoms with Crippen LogP contribution in [-0.2, 0) is 24.1 Å². The maximum atomic E-state index is 13.1. The maximum absolute atomic E-state index is 13.1. The zero-order valence-electron chi connectivity index (χ0n) is 19.5. The molecule has 0 radical (unpaired) electrons. The minimum Gasteiger partial charge on any atom is -0.490 e. The SMILES string of the molecule is CCOc1ccc(C(=O)NC2(C(=O)O)Cc3ccccc3C2)cc1OCCc1cccc(C)c1. The molecule has 4 rings (SSSR count). The van der Waals surface area contributed by atoms with E-state index in [1.807, 2.05) is 50.2 Å². The summed E-state index contributed by atoms with van der Waals surface area (Å²) in [7, 11) is 0. The largest absolute Gasteiger partial charge is 0.490 e. The molecule has 0 saturated carbocycles. The molecule has 6 nitrogen and oxygen atoms in total. The van der Waals surface area contributed by atoms with E-state index in [4.69, 9.17) is 9.47 Å².